The van der Waals surface area contributed by atoms with Crippen LogP contribution in [0.2, 0.25) is 0 Å². The van der Waals surface area contributed by atoms with E-state index in [-0.39, 0.29) is 5.69 Å². The van der Waals surface area contributed by atoms with E-state index in [0.717, 1.165) is 43.7 Å². The summed E-state index contributed by atoms with van der Waals surface area (Å²) in [5.41, 5.74) is 1.94. The number of anilines is 1. The van der Waals surface area contributed by atoms with E-state index in [1.807, 2.05) is 6.07 Å². The first-order chi connectivity index (χ1) is 8.83. The number of thiophene rings is 1. The van der Waals surface area contributed by atoms with Crippen LogP contribution in [-0.2, 0) is 12.8 Å². The molecule has 4 nitrogen and oxygen atoms in total. The van der Waals surface area contributed by atoms with Crippen LogP contribution in [0.25, 0.3) is 0 Å². The van der Waals surface area contributed by atoms with Gasteiger partial charge in [-0.25, -0.2) is 4.79 Å². The fourth-order valence-electron chi connectivity index (χ4n) is 2.33. The molecule has 18 heavy (non-hydrogen) atoms. The summed E-state index contributed by atoms with van der Waals surface area (Å²) in [5.74, 6) is 0.780. The number of nitrogens with one attached hydrogen (secondary N) is 2. The molecule has 0 aromatic carbocycles. The first kappa shape index (κ1) is 11.5. The molecule has 94 valence electrons. The summed E-state index contributed by atoms with van der Waals surface area (Å²) in [6, 6.07) is 4.14. The molecule has 2 aromatic heterocycles. The molecular formula is C13H15N3OS. The van der Waals surface area contributed by atoms with Crippen molar-refractivity contribution in [1.82, 2.24) is 9.97 Å². The Bertz CT molecular complexity index is 589. The zero-order valence-corrected chi connectivity index (χ0v) is 10.8. The van der Waals surface area contributed by atoms with Crippen LogP contribution in [0.3, 0.4) is 0 Å². The Labute approximate surface area is 109 Å². The van der Waals surface area contributed by atoms with Crippen LogP contribution >= 0.6 is 11.3 Å². The van der Waals surface area contributed by atoms with Gasteiger partial charge in [-0.2, -0.15) is 4.98 Å². The smallest absolute Gasteiger partial charge is 0.347 e. The zero-order chi connectivity index (χ0) is 12.4. The van der Waals surface area contributed by atoms with Crippen LogP contribution in [0.1, 0.15) is 29.0 Å². The number of nitrogens with zero attached hydrogens (tertiary/aromatic N) is 1. The summed E-state index contributed by atoms with van der Waals surface area (Å²) in [7, 11) is 0. The monoisotopic (exact) mass is 261 g/mol. The van der Waals surface area contributed by atoms with Gasteiger partial charge in [-0.1, -0.05) is 6.07 Å². The van der Waals surface area contributed by atoms with Gasteiger partial charge in [0.05, 0.1) is 0 Å². The van der Waals surface area contributed by atoms with Crippen LogP contribution < -0.4 is 11.0 Å². The highest BCUT2D eigenvalue weighted by Crippen LogP contribution is 2.23. The van der Waals surface area contributed by atoms with Crippen molar-refractivity contribution in [3.05, 3.63) is 44.1 Å². The second kappa shape index (κ2) is 4.94. The molecule has 0 bridgehead atoms. The molecule has 0 spiro atoms. The predicted octanol–water partition coefficient (Wildman–Crippen LogP) is 2.17. The highest BCUT2D eigenvalue weighted by molar-refractivity contribution is 7.09. The van der Waals surface area contributed by atoms with Crippen molar-refractivity contribution in [3.8, 4) is 0 Å². The van der Waals surface area contributed by atoms with Crippen molar-refractivity contribution >= 4 is 17.2 Å². The van der Waals surface area contributed by atoms with Gasteiger partial charge in [-0.15, -0.1) is 11.3 Å². The average molecular weight is 261 g/mol. The maximum Gasteiger partial charge on any atom is 0.347 e. The Morgan fingerprint density at radius 1 is 1.39 bits per heavy atom. The quantitative estimate of drug-likeness (QED) is 0.871. The standard InChI is InChI=1S/C13H15N3OS/c17-13-15-11(8-9-4-3-7-18-9)10-5-1-2-6-14-12(10)16-13/h3-4,7H,1-2,5-6,8H2,(H2,14,15,16,17). The van der Waals surface area contributed by atoms with E-state index in [2.05, 4.69) is 26.7 Å². The Hall–Kier alpha value is -1.62. The molecule has 0 atom stereocenters. The summed E-state index contributed by atoms with van der Waals surface area (Å²) in [6.07, 6.45) is 4.06. The third-order valence-electron chi connectivity index (χ3n) is 3.20. The van der Waals surface area contributed by atoms with E-state index in [9.17, 15) is 4.79 Å². The highest BCUT2D eigenvalue weighted by atomic mass is 32.1. The van der Waals surface area contributed by atoms with Crippen molar-refractivity contribution < 1.29 is 0 Å². The summed E-state index contributed by atoms with van der Waals surface area (Å²) in [6.45, 7) is 0.905. The van der Waals surface area contributed by atoms with E-state index >= 15 is 0 Å². The highest BCUT2D eigenvalue weighted by Gasteiger charge is 2.15. The lowest BCUT2D eigenvalue weighted by molar-refractivity contribution is 0.777. The molecular weight excluding hydrogens is 246 g/mol. The van der Waals surface area contributed by atoms with Gasteiger partial charge in [0.2, 0.25) is 0 Å². The van der Waals surface area contributed by atoms with E-state index in [0.29, 0.717) is 0 Å². The van der Waals surface area contributed by atoms with Crippen LogP contribution in [0.15, 0.2) is 22.3 Å². The second-order valence-corrected chi connectivity index (χ2v) is 5.52. The van der Waals surface area contributed by atoms with Gasteiger partial charge in [0.25, 0.3) is 0 Å². The van der Waals surface area contributed by atoms with Gasteiger partial charge < -0.3 is 10.3 Å². The third-order valence-corrected chi connectivity index (χ3v) is 4.07. The minimum Gasteiger partial charge on any atom is -0.370 e. The normalized spacial score (nSPS) is 14.7. The van der Waals surface area contributed by atoms with Crippen molar-refractivity contribution in [2.45, 2.75) is 25.7 Å². The molecule has 0 saturated heterocycles. The predicted molar refractivity (Wildman–Crippen MR) is 73.4 cm³/mol. The molecule has 0 unspecified atom stereocenters. The van der Waals surface area contributed by atoms with Crippen molar-refractivity contribution in [3.63, 3.8) is 0 Å². The van der Waals surface area contributed by atoms with Gasteiger partial charge in [-0.05, 0) is 30.7 Å². The van der Waals surface area contributed by atoms with Crippen molar-refractivity contribution in [2.75, 3.05) is 11.9 Å². The van der Waals surface area contributed by atoms with Crippen LogP contribution in [0.5, 0.6) is 0 Å². The van der Waals surface area contributed by atoms with Gasteiger partial charge in [-0.3, -0.25) is 0 Å². The lowest BCUT2D eigenvalue weighted by Gasteiger charge is -2.10. The Kier molecular flexibility index (Phi) is 3.15. The number of aromatic nitrogens is 2. The molecule has 5 heteroatoms. The second-order valence-electron chi connectivity index (χ2n) is 4.49. The summed E-state index contributed by atoms with van der Waals surface area (Å²) in [5, 5.41) is 5.32. The molecule has 3 heterocycles. The van der Waals surface area contributed by atoms with E-state index < -0.39 is 0 Å². The fourth-order valence-corrected chi connectivity index (χ4v) is 3.05. The van der Waals surface area contributed by atoms with Crippen molar-refractivity contribution in [2.24, 2.45) is 0 Å². The number of fused-ring (bicyclic) bond motifs is 1. The number of aromatic amines is 1. The third kappa shape index (κ3) is 2.31. The van der Waals surface area contributed by atoms with Crippen LogP contribution in [-0.4, -0.2) is 16.5 Å². The SMILES string of the molecule is O=c1nc2c(c(Cc3cccs3)[nH]1)CCCCN2. The number of rotatable bonds is 2. The molecule has 0 amide bonds. The zero-order valence-electron chi connectivity index (χ0n) is 10.0. The first-order valence-electron chi connectivity index (χ1n) is 6.21. The molecule has 1 aliphatic heterocycles. The summed E-state index contributed by atoms with van der Waals surface area (Å²) in [4.78, 5) is 19.8. The molecule has 3 rings (SSSR count). The minimum atomic E-state index is -0.255. The van der Waals surface area contributed by atoms with E-state index in [1.165, 1.54) is 10.4 Å². The molecule has 0 aliphatic carbocycles. The molecule has 0 saturated carbocycles. The van der Waals surface area contributed by atoms with Gasteiger partial charge in [0.15, 0.2) is 0 Å². The Morgan fingerprint density at radius 2 is 2.33 bits per heavy atom. The summed E-state index contributed by atoms with van der Waals surface area (Å²) >= 11 is 1.72. The van der Waals surface area contributed by atoms with Gasteiger partial charge in [0, 0.05) is 29.1 Å². The van der Waals surface area contributed by atoms with Gasteiger partial charge >= 0.3 is 5.69 Å². The minimum absolute atomic E-state index is 0.255. The maximum absolute atomic E-state index is 11.6. The lowest BCUT2D eigenvalue weighted by Crippen LogP contribution is -2.18. The Balaban J connectivity index is 2.02. The van der Waals surface area contributed by atoms with E-state index in [4.69, 9.17) is 0 Å². The fraction of sp³-hybridized carbons (Fsp3) is 0.385. The van der Waals surface area contributed by atoms with Crippen LogP contribution in [0, 0.1) is 0 Å². The van der Waals surface area contributed by atoms with Crippen molar-refractivity contribution in [1.29, 1.82) is 0 Å². The first-order valence-corrected chi connectivity index (χ1v) is 7.09. The molecule has 2 N–H and O–H groups in total. The number of hydrogen-bond acceptors (Lipinski definition) is 4. The topological polar surface area (TPSA) is 57.8 Å². The molecule has 0 fully saturated rings. The Morgan fingerprint density at radius 3 is 3.17 bits per heavy atom. The lowest BCUT2D eigenvalue weighted by atomic mass is 10.1. The molecule has 1 aliphatic rings. The summed E-state index contributed by atoms with van der Waals surface area (Å²) < 4.78 is 0. The van der Waals surface area contributed by atoms with E-state index in [1.54, 1.807) is 11.3 Å². The molecule has 2 aromatic rings. The maximum atomic E-state index is 11.6. The van der Waals surface area contributed by atoms with Crippen LogP contribution in [0.4, 0.5) is 5.82 Å². The number of hydrogen-bond donors (Lipinski definition) is 2. The number of H-pyrrole nitrogens is 1. The van der Waals surface area contributed by atoms with Gasteiger partial charge in [0.1, 0.15) is 5.82 Å². The molecule has 0 radical (unpaired) electrons. The largest absolute Gasteiger partial charge is 0.370 e. The average Bonchev–Trinajstić information content (AvgIpc) is 2.73.